The molecule has 1 aromatic carbocycles. The Kier molecular flexibility index (Phi) is 5.84. The number of H-pyrrole nitrogens is 2. The van der Waals surface area contributed by atoms with Gasteiger partial charge in [-0.1, -0.05) is 23.2 Å². The summed E-state index contributed by atoms with van der Waals surface area (Å²) in [7, 11) is 1.52. The maximum atomic E-state index is 12.3. The van der Waals surface area contributed by atoms with Gasteiger partial charge in [-0.15, -0.1) is 10.2 Å². The Hall–Kier alpha value is -3.46. The summed E-state index contributed by atoms with van der Waals surface area (Å²) < 4.78 is 12.0. The molecule has 4 rings (SSSR count). The Morgan fingerprint density at radius 3 is 2.59 bits per heavy atom. The molecule has 164 valence electrons. The van der Waals surface area contributed by atoms with E-state index in [4.69, 9.17) is 37.9 Å². The molecule has 0 saturated carbocycles. The number of rotatable bonds is 4. The molecule has 0 spiro atoms. The van der Waals surface area contributed by atoms with E-state index in [9.17, 15) is 14.4 Å². The summed E-state index contributed by atoms with van der Waals surface area (Å²) in [6, 6.07) is 4.25. The smallest absolute Gasteiger partial charge is 0.349 e. The number of benzene rings is 1. The molecular formula is C19H14Cl2N6O5. The summed E-state index contributed by atoms with van der Waals surface area (Å²) in [5.74, 6) is 0.167. The van der Waals surface area contributed by atoms with Crippen LogP contribution in [0.3, 0.4) is 0 Å². The molecule has 3 aromatic rings. The highest BCUT2D eigenvalue weighted by atomic mass is 35.5. The first-order chi connectivity index (χ1) is 15.3. The zero-order valence-corrected chi connectivity index (χ0v) is 18.0. The average Bonchev–Trinajstić information content (AvgIpc) is 2.77. The van der Waals surface area contributed by atoms with E-state index >= 15 is 0 Å². The van der Waals surface area contributed by atoms with Gasteiger partial charge in [0.2, 0.25) is 11.6 Å². The number of aromatic nitrogens is 5. The first-order valence-electron chi connectivity index (χ1n) is 9.29. The van der Waals surface area contributed by atoms with Crippen molar-refractivity contribution in [2.24, 2.45) is 0 Å². The van der Waals surface area contributed by atoms with Crippen LogP contribution < -0.4 is 21.5 Å². The second-order valence-electron chi connectivity index (χ2n) is 6.84. The summed E-state index contributed by atoms with van der Waals surface area (Å²) in [6.45, 7) is 0. The summed E-state index contributed by atoms with van der Waals surface area (Å²) in [5, 5.41) is 19.1. The predicted molar refractivity (Wildman–Crippen MR) is 113 cm³/mol. The van der Waals surface area contributed by atoms with Crippen LogP contribution in [0.2, 0.25) is 10.0 Å². The van der Waals surface area contributed by atoms with E-state index in [-0.39, 0.29) is 39.0 Å². The third kappa shape index (κ3) is 3.80. The lowest BCUT2D eigenvalue weighted by atomic mass is 9.91. The highest BCUT2D eigenvalue weighted by molar-refractivity contribution is 6.37. The molecule has 11 nitrogen and oxygen atoms in total. The Morgan fingerprint density at radius 1 is 1.22 bits per heavy atom. The Morgan fingerprint density at radius 2 is 1.94 bits per heavy atom. The molecule has 0 radical (unpaired) electrons. The van der Waals surface area contributed by atoms with Crippen LogP contribution >= 0.6 is 23.2 Å². The molecule has 0 saturated heterocycles. The number of halogens is 2. The largest absolute Gasteiger partial charge is 0.434 e. The van der Waals surface area contributed by atoms with Gasteiger partial charge >= 0.3 is 5.69 Å². The molecule has 1 atom stereocenters. The molecule has 0 amide bonds. The topological polar surface area (TPSA) is 156 Å². The minimum absolute atomic E-state index is 0.00626. The van der Waals surface area contributed by atoms with E-state index in [0.717, 1.165) is 11.1 Å². The second kappa shape index (κ2) is 8.58. The van der Waals surface area contributed by atoms with Crippen LogP contribution in [-0.4, -0.2) is 32.1 Å². The first kappa shape index (κ1) is 21.8. The lowest BCUT2D eigenvalue weighted by Gasteiger charge is -2.24. The molecule has 0 bridgehead atoms. The van der Waals surface area contributed by atoms with Crippen LogP contribution in [0.25, 0.3) is 5.69 Å². The molecule has 1 aliphatic rings. The Labute approximate surface area is 189 Å². The summed E-state index contributed by atoms with van der Waals surface area (Å²) in [4.78, 5) is 38.0. The van der Waals surface area contributed by atoms with E-state index in [1.54, 1.807) is 6.07 Å². The number of hydrogen-bond donors (Lipinski definition) is 2. The molecule has 0 unspecified atom stereocenters. The molecule has 0 aliphatic heterocycles. The van der Waals surface area contributed by atoms with Crippen molar-refractivity contribution in [3.63, 3.8) is 0 Å². The highest BCUT2D eigenvalue weighted by Gasteiger charge is 2.28. The van der Waals surface area contributed by atoms with Crippen LogP contribution in [-0.2, 0) is 11.2 Å². The van der Waals surface area contributed by atoms with Crippen molar-refractivity contribution >= 4 is 23.2 Å². The molecule has 13 heteroatoms. The lowest BCUT2D eigenvalue weighted by molar-refractivity contribution is 0.0860. The number of nitriles is 1. The first-order valence-corrected chi connectivity index (χ1v) is 10.0. The molecule has 32 heavy (non-hydrogen) atoms. The molecule has 2 N–H and O–H groups in total. The zero-order chi connectivity index (χ0) is 23.0. The molecule has 1 aliphatic carbocycles. The van der Waals surface area contributed by atoms with Gasteiger partial charge in [0.1, 0.15) is 6.07 Å². The number of ether oxygens (including phenoxy) is 2. The maximum absolute atomic E-state index is 12.3. The molecule has 2 heterocycles. The fraction of sp³-hybridized carbons (Fsp3) is 0.263. The van der Waals surface area contributed by atoms with E-state index in [2.05, 4.69) is 15.3 Å². The minimum atomic E-state index is -0.908. The zero-order valence-electron chi connectivity index (χ0n) is 16.4. The van der Waals surface area contributed by atoms with Crippen LogP contribution in [0.1, 0.15) is 35.8 Å². The van der Waals surface area contributed by atoms with Gasteiger partial charge < -0.3 is 9.47 Å². The molecule has 2 aromatic heterocycles. The average molecular weight is 477 g/mol. The van der Waals surface area contributed by atoms with Gasteiger partial charge in [-0.3, -0.25) is 14.6 Å². The normalized spacial score (nSPS) is 15.1. The highest BCUT2D eigenvalue weighted by Crippen LogP contribution is 2.40. The van der Waals surface area contributed by atoms with Gasteiger partial charge in [-0.2, -0.15) is 9.94 Å². The van der Waals surface area contributed by atoms with Crippen molar-refractivity contribution in [1.29, 1.82) is 5.26 Å². The van der Waals surface area contributed by atoms with E-state index in [0.29, 0.717) is 24.0 Å². The van der Waals surface area contributed by atoms with Gasteiger partial charge in [-0.05, 0) is 31.4 Å². The fourth-order valence-electron chi connectivity index (χ4n) is 3.50. The number of aromatic amines is 2. The minimum Gasteiger partial charge on any atom is -0.434 e. The van der Waals surface area contributed by atoms with Gasteiger partial charge in [0, 0.05) is 12.7 Å². The number of fused-ring (bicyclic) bond motifs is 1. The van der Waals surface area contributed by atoms with Crippen molar-refractivity contribution in [2.45, 2.75) is 25.4 Å². The Bertz CT molecular complexity index is 1410. The number of hydrogen-bond acceptors (Lipinski definition) is 8. The van der Waals surface area contributed by atoms with Crippen molar-refractivity contribution < 1.29 is 9.47 Å². The van der Waals surface area contributed by atoms with E-state index in [1.165, 1.54) is 19.2 Å². The van der Waals surface area contributed by atoms with Gasteiger partial charge in [0.15, 0.2) is 5.75 Å². The number of nitrogens with zero attached hydrogens (tertiary/aromatic N) is 4. The van der Waals surface area contributed by atoms with Crippen molar-refractivity contribution in [3.8, 4) is 23.4 Å². The molecular weight excluding hydrogens is 463 g/mol. The third-order valence-corrected chi connectivity index (χ3v) is 5.51. The van der Waals surface area contributed by atoms with Gasteiger partial charge in [0.25, 0.3) is 11.1 Å². The maximum Gasteiger partial charge on any atom is 0.349 e. The van der Waals surface area contributed by atoms with Crippen molar-refractivity contribution in [1.82, 2.24) is 25.0 Å². The van der Waals surface area contributed by atoms with Crippen LogP contribution in [0, 0.1) is 11.3 Å². The van der Waals surface area contributed by atoms with Crippen LogP contribution in [0.5, 0.6) is 11.6 Å². The summed E-state index contributed by atoms with van der Waals surface area (Å²) >= 11 is 12.7. The van der Waals surface area contributed by atoms with E-state index in [1.807, 2.05) is 4.98 Å². The lowest BCUT2D eigenvalue weighted by Crippen LogP contribution is -2.33. The SMILES string of the molecule is CO[C@@H]1CCCc2c(Oc3c(Cl)cc(-n4nc(C#N)c(=O)[nH]c4=O)cc3Cl)n[nH]c(=O)c21. The quantitative estimate of drug-likeness (QED) is 0.578. The van der Waals surface area contributed by atoms with Gasteiger partial charge in [-0.25, -0.2) is 9.89 Å². The standard InChI is InChI=1S/C19H14Cl2N6O5/c1-31-13-4-2-3-9-14(13)17(29)24-25-18(9)32-15-10(20)5-8(6-11(15)21)27-19(30)23-16(28)12(7-22)26-27/h5-6,13H,2-4H2,1H3,(H,24,29)(H,23,28,30)/t13-/m1/s1. The third-order valence-electron chi connectivity index (χ3n) is 4.95. The fourth-order valence-corrected chi connectivity index (χ4v) is 4.06. The molecule has 0 fully saturated rings. The number of methoxy groups -OCH3 is 1. The van der Waals surface area contributed by atoms with E-state index < -0.39 is 16.9 Å². The van der Waals surface area contributed by atoms with Crippen LogP contribution in [0.15, 0.2) is 26.5 Å². The monoisotopic (exact) mass is 476 g/mol. The summed E-state index contributed by atoms with van der Waals surface area (Å²) in [6.07, 6.45) is 1.64. The van der Waals surface area contributed by atoms with Crippen molar-refractivity contribution in [3.05, 3.63) is 70.2 Å². The predicted octanol–water partition coefficient (Wildman–Crippen LogP) is 2.00. The van der Waals surface area contributed by atoms with Crippen LogP contribution in [0.4, 0.5) is 0 Å². The Balaban J connectivity index is 1.78. The van der Waals surface area contributed by atoms with Crippen molar-refractivity contribution in [2.75, 3.05) is 7.11 Å². The van der Waals surface area contributed by atoms with Gasteiger partial charge in [0.05, 0.1) is 27.4 Å². The summed E-state index contributed by atoms with van der Waals surface area (Å²) in [5.41, 5.74) is -1.51. The second-order valence-corrected chi connectivity index (χ2v) is 7.65. The number of nitrogens with one attached hydrogen (secondary N) is 2.